The number of carboxylic acids is 1. The van der Waals surface area contributed by atoms with Crippen molar-refractivity contribution >= 4 is 28.3 Å². The van der Waals surface area contributed by atoms with Crippen LogP contribution in [0.1, 0.15) is 37.0 Å². The number of hydrogen-bond donors (Lipinski definition) is 4. The molecule has 7 heteroatoms. The predicted molar refractivity (Wildman–Crippen MR) is 78.4 cm³/mol. The van der Waals surface area contributed by atoms with Gasteiger partial charge in [-0.15, -0.1) is 11.3 Å². The van der Waals surface area contributed by atoms with Crippen molar-refractivity contribution in [1.29, 1.82) is 0 Å². The van der Waals surface area contributed by atoms with Crippen LogP contribution in [0, 0.1) is 5.41 Å². The minimum Gasteiger partial charge on any atom is -0.478 e. The van der Waals surface area contributed by atoms with E-state index in [4.69, 9.17) is 10.2 Å². The molecule has 1 aromatic rings. The summed E-state index contributed by atoms with van der Waals surface area (Å²) in [5, 5.41) is 24.9. The Bertz CT molecular complexity index is 471. The molecule has 0 saturated carbocycles. The molecule has 0 aliphatic heterocycles. The molecule has 6 nitrogen and oxygen atoms in total. The highest BCUT2D eigenvalue weighted by molar-refractivity contribution is 7.14. The van der Waals surface area contributed by atoms with E-state index in [1.54, 1.807) is 5.38 Å². The van der Waals surface area contributed by atoms with E-state index in [-0.39, 0.29) is 17.6 Å². The van der Waals surface area contributed by atoms with Gasteiger partial charge in [-0.3, -0.25) is 5.32 Å². The van der Waals surface area contributed by atoms with Crippen LogP contribution in [0.2, 0.25) is 0 Å². The van der Waals surface area contributed by atoms with Crippen LogP contribution in [-0.2, 0) is 0 Å². The van der Waals surface area contributed by atoms with Crippen molar-refractivity contribution in [2.75, 3.05) is 18.5 Å². The number of carboxylic acid groups (broad SMARTS) is 1. The Kier molecular flexibility index (Phi) is 5.97. The highest BCUT2D eigenvalue weighted by Crippen LogP contribution is 2.23. The molecule has 0 saturated heterocycles. The quantitative estimate of drug-likeness (QED) is 0.621. The molecular formula is C13H20N2O4S. The minimum absolute atomic E-state index is 0.0877. The lowest BCUT2D eigenvalue weighted by atomic mass is 9.88. The predicted octanol–water partition coefficient (Wildman–Crippen LogP) is 2.37. The topological polar surface area (TPSA) is 98.7 Å². The van der Waals surface area contributed by atoms with E-state index in [2.05, 4.69) is 10.6 Å². The van der Waals surface area contributed by atoms with Gasteiger partial charge in [0.15, 0.2) is 0 Å². The zero-order valence-electron chi connectivity index (χ0n) is 11.6. The standard InChI is InChI=1S/C13H20N2O4S/c1-13(2,5-3-6-16)8-14-12(19)15-10-9(11(17)18)4-7-20-10/h4,7,16H,3,5-6,8H2,1-2H3,(H,17,18)(H2,14,15,19). The van der Waals surface area contributed by atoms with Gasteiger partial charge in [-0.1, -0.05) is 13.8 Å². The first-order valence-corrected chi connectivity index (χ1v) is 7.20. The number of hydrogen-bond acceptors (Lipinski definition) is 4. The third-order valence-corrected chi connectivity index (χ3v) is 3.69. The lowest BCUT2D eigenvalue weighted by Gasteiger charge is -2.24. The molecule has 0 radical (unpaired) electrons. The summed E-state index contributed by atoms with van der Waals surface area (Å²) in [6, 6.07) is 1.03. The van der Waals surface area contributed by atoms with Crippen LogP contribution in [0.15, 0.2) is 11.4 Å². The SMILES string of the molecule is CC(C)(CCCO)CNC(=O)Nc1sccc1C(=O)O. The first kappa shape index (κ1) is 16.5. The Morgan fingerprint density at radius 1 is 1.40 bits per heavy atom. The van der Waals surface area contributed by atoms with Crippen molar-refractivity contribution in [3.63, 3.8) is 0 Å². The molecule has 0 aromatic carbocycles. The number of thiophene rings is 1. The van der Waals surface area contributed by atoms with Gasteiger partial charge in [0.05, 0.1) is 5.56 Å². The van der Waals surface area contributed by atoms with E-state index in [9.17, 15) is 9.59 Å². The molecular weight excluding hydrogens is 280 g/mol. The van der Waals surface area contributed by atoms with Gasteiger partial charge in [-0.2, -0.15) is 0 Å². The monoisotopic (exact) mass is 300 g/mol. The maximum atomic E-state index is 11.7. The van der Waals surface area contributed by atoms with Crippen molar-refractivity contribution in [1.82, 2.24) is 5.32 Å². The summed E-state index contributed by atoms with van der Waals surface area (Å²) in [4.78, 5) is 22.7. The molecule has 0 fully saturated rings. The molecule has 0 unspecified atom stereocenters. The zero-order chi connectivity index (χ0) is 15.2. The molecule has 0 spiro atoms. The van der Waals surface area contributed by atoms with Crippen LogP contribution in [-0.4, -0.2) is 35.4 Å². The molecule has 20 heavy (non-hydrogen) atoms. The molecule has 0 aliphatic carbocycles. The first-order valence-electron chi connectivity index (χ1n) is 6.32. The number of aliphatic hydroxyl groups is 1. The minimum atomic E-state index is -1.06. The van der Waals surface area contributed by atoms with E-state index < -0.39 is 12.0 Å². The van der Waals surface area contributed by atoms with Crippen LogP contribution in [0.5, 0.6) is 0 Å². The van der Waals surface area contributed by atoms with E-state index >= 15 is 0 Å². The van der Waals surface area contributed by atoms with Gasteiger partial charge in [0.2, 0.25) is 0 Å². The van der Waals surface area contributed by atoms with Crippen molar-refractivity contribution in [2.24, 2.45) is 5.41 Å². The second-order valence-corrected chi connectivity index (χ2v) is 6.18. The van der Waals surface area contributed by atoms with Crippen LogP contribution in [0.3, 0.4) is 0 Å². The number of aliphatic hydroxyl groups excluding tert-OH is 1. The molecule has 1 rings (SSSR count). The van der Waals surface area contributed by atoms with Gasteiger partial charge >= 0.3 is 12.0 Å². The van der Waals surface area contributed by atoms with Crippen molar-refractivity contribution in [3.8, 4) is 0 Å². The number of aromatic carboxylic acids is 1. The lowest BCUT2D eigenvalue weighted by molar-refractivity contribution is 0.0698. The van der Waals surface area contributed by atoms with Crippen molar-refractivity contribution in [2.45, 2.75) is 26.7 Å². The zero-order valence-corrected chi connectivity index (χ0v) is 12.4. The number of carbonyl (C=O) groups excluding carboxylic acids is 1. The van der Waals surface area contributed by atoms with Gasteiger partial charge in [-0.05, 0) is 29.7 Å². The molecule has 0 aliphatic rings. The smallest absolute Gasteiger partial charge is 0.338 e. The maximum Gasteiger partial charge on any atom is 0.338 e. The number of carbonyl (C=O) groups is 2. The number of rotatable bonds is 7. The van der Waals surface area contributed by atoms with Gasteiger partial charge in [-0.25, -0.2) is 9.59 Å². The number of nitrogens with one attached hydrogen (secondary N) is 2. The Balaban J connectivity index is 2.48. The maximum absolute atomic E-state index is 11.7. The summed E-state index contributed by atoms with van der Waals surface area (Å²) >= 11 is 1.17. The van der Waals surface area contributed by atoms with E-state index in [1.165, 1.54) is 17.4 Å². The lowest BCUT2D eigenvalue weighted by Crippen LogP contribution is -2.36. The number of anilines is 1. The van der Waals surface area contributed by atoms with Crippen molar-refractivity contribution in [3.05, 3.63) is 17.0 Å². The summed E-state index contributed by atoms with van der Waals surface area (Å²) < 4.78 is 0. The average molecular weight is 300 g/mol. The Morgan fingerprint density at radius 3 is 2.70 bits per heavy atom. The third-order valence-electron chi connectivity index (χ3n) is 2.86. The molecule has 4 N–H and O–H groups in total. The highest BCUT2D eigenvalue weighted by Gasteiger charge is 2.19. The second kappa shape index (κ2) is 7.25. The fourth-order valence-corrected chi connectivity index (χ4v) is 2.46. The number of amides is 2. The van der Waals surface area contributed by atoms with E-state index in [0.717, 1.165) is 6.42 Å². The molecule has 0 bridgehead atoms. The van der Waals surface area contributed by atoms with Crippen LogP contribution in [0.25, 0.3) is 0 Å². The normalized spacial score (nSPS) is 11.2. The molecule has 2 amide bonds. The van der Waals surface area contributed by atoms with Gasteiger partial charge < -0.3 is 15.5 Å². The summed E-state index contributed by atoms with van der Waals surface area (Å²) in [6.45, 7) is 4.58. The highest BCUT2D eigenvalue weighted by atomic mass is 32.1. The summed E-state index contributed by atoms with van der Waals surface area (Å²) in [6.07, 6.45) is 1.48. The summed E-state index contributed by atoms with van der Waals surface area (Å²) in [7, 11) is 0. The summed E-state index contributed by atoms with van der Waals surface area (Å²) in [5.41, 5.74) is -0.0322. The number of urea groups is 1. The summed E-state index contributed by atoms with van der Waals surface area (Å²) in [5.74, 6) is -1.06. The fraction of sp³-hybridized carbons (Fsp3) is 0.538. The fourth-order valence-electron chi connectivity index (χ4n) is 1.69. The Labute approximate surface area is 121 Å². The van der Waals surface area contributed by atoms with Crippen molar-refractivity contribution < 1.29 is 19.8 Å². The van der Waals surface area contributed by atoms with E-state index in [1.807, 2.05) is 13.8 Å². The molecule has 0 atom stereocenters. The Hall–Kier alpha value is -1.60. The molecule has 112 valence electrons. The first-order chi connectivity index (χ1) is 9.35. The van der Waals surface area contributed by atoms with E-state index in [0.29, 0.717) is 18.0 Å². The van der Waals surface area contributed by atoms with Gasteiger partial charge in [0, 0.05) is 13.2 Å². The van der Waals surface area contributed by atoms with Gasteiger partial charge in [0.25, 0.3) is 0 Å². The second-order valence-electron chi connectivity index (χ2n) is 5.27. The van der Waals surface area contributed by atoms with Crippen LogP contribution in [0.4, 0.5) is 9.80 Å². The average Bonchev–Trinajstić information content (AvgIpc) is 2.82. The third kappa shape index (κ3) is 5.18. The van der Waals surface area contributed by atoms with Crippen LogP contribution >= 0.6 is 11.3 Å². The van der Waals surface area contributed by atoms with Gasteiger partial charge in [0.1, 0.15) is 5.00 Å². The molecule has 1 heterocycles. The Morgan fingerprint density at radius 2 is 2.10 bits per heavy atom. The molecule has 1 aromatic heterocycles. The largest absolute Gasteiger partial charge is 0.478 e. The van der Waals surface area contributed by atoms with Crippen LogP contribution < -0.4 is 10.6 Å².